The number of halogens is 2. The van der Waals surface area contributed by atoms with Crippen LogP contribution in [0.3, 0.4) is 0 Å². The summed E-state index contributed by atoms with van der Waals surface area (Å²) in [6, 6.07) is 9.23. The maximum Gasteiger partial charge on any atom is 0.275 e. The van der Waals surface area contributed by atoms with E-state index >= 15 is 0 Å². The predicted octanol–water partition coefficient (Wildman–Crippen LogP) is 3.28. The number of aromatic hydroxyl groups is 2. The Morgan fingerprint density at radius 3 is 2.71 bits per heavy atom. The van der Waals surface area contributed by atoms with Gasteiger partial charge in [-0.2, -0.15) is 5.10 Å². The van der Waals surface area contributed by atoms with Gasteiger partial charge in [0.1, 0.15) is 11.5 Å². The number of amides is 1. The number of carbonyl (C=O) groups is 1. The molecule has 3 N–H and O–H groups in total. The highest BCUT2D eigenvalue weighted by Crippen LogP contribution is 2.30. The monoisotopic (exact) mass is 368 g/mol. The molecule has 2 aromatic rings. The van der Waals surface area contributed by atoms with Gasteiger partial charge in [0.25, 0.3) is 5.91 Å². The first-order valence-electron chi connectivity index (χ1n) is 5.78. The molecule has 108 valence electrons. The van der Waals surface area contributed by atoms with Crippen molar-refractivity contribution in [2.75, 3.05) is 0 Å². The normalized spacial score (nSPS) is 10.8. The molecule has 0 aromatic heterocycles. The first kappa shape index (κ1) is 15.3. The zero-order chi connectivity index (χ0) is 15.4. The molecule has 7 heteroatoms. The number of carbonyl (C=O) groups excluding carboxylic acids is 1. The largest absolute Gasteiger partial charge is 0.507 e. The molecule has 0 saturated carbocycles. The number of para-hydroxylation sites is 1. The van der Waals surface area contributed by atoms with Gasteiger partial charge in [0.2, 0.25) is 0 Å². The van der Waals surface area contributed by atoms with Crippen LogP contribution in [-0.2, 0) is 0 Å². The lowest BCUT2D eigenvalue weighted by molar-refractivity contribution is 0.0952. The Labute approximate surface area is 134 Å². The van der Waals surface area contributed by atoms with Gasteiger partial charge in [-0.25, -0.2) is 5.43 Å². The highest BCUT2D eigenvalue weighted by molar-refractivity contribution is 9.10. The average Bonchev–Trinajstić information content (AvgIpc) is 2.44. The van der Waals surface area contributed by atoms with Gasteiger partial charge in [-0.3, -0.25) is 4.79 Å². The lowest BCUT2D eigenvalue weighted by Gasteiger charge is -2.04. The van der Waals surface area contributed by atoms with Crippen molar-refractivity contribution in [2.24, 2.45) is 5.10 Å². The molecule has 2 aromatic carbocycles. The van der Waals surface area contributed by atoms with Gasteiger partial charge in [0, 0.05) is 10.0 Å². The molecule has 0 aliphatic heterocycles. The van der Waals surface area contributed by atoms with Crippen LogP contribution >= 0.6 is 27.5 Å². The zero-order valence-electron chi connectivity index (χ0n) is 10.5. The fourth-order valence-corrected chi connectivity index (χ4v) is 2.40. The number of rotatable bonds is 3. The Bertz CT molecular complexity index is 719. The van der Waals surface area contributed by atoms with Gasteiger partial charge in [0.05, 0.1) is 16.8 Å². The lowest BCUT2D eigenvalue weighted by atomic mass is 10.2. The maximum absolute atomic E-state index is 11.8. The van der Waals surface area contributed by atoms with E-state index in [2.05, 4.69) is 26.5 Å². The SMILES string of the molecule is O=C(N/N=C\c1cc(Br)cc(Cl)c1O)c1ccccc1O. The van der Waals surface area contributed by atoms with E-state index < -0.39 is 5.91 Å². The Hall–Kier alpha value is -2.05. The molecule has 0 unspecified atom stereocenters. The minimum Gasteiger partial charge on any atom is -0.507 e. The van der Waals surface area contributed by atoms with Gasteiger partial charge in [-0.1, -0.05) is 39.7 Å². The maximum atomic E-state index is 11.8. The van der Waals surface area contributed by atoms with Crippen LogP contribution in [0.5, 0.6) is 11.5 Å². The number of hydrogen-bond donors (Lipinski definition) is 3. The Morgan fingerprint density at radius 2 is 2.00 bits per heavy atom. The molecule has 0 spiro atoms. The smallest absolute Gasteiger partial charge is 0.275 e. The predicted molar refractivity (Wildman–Crippen MR) is 84.0 cm³/mol. The average molecular weight is 370 g/mol. The number of nitrogens with zero attached hydrogens (tertiary/aromatic N) is 1. The summed E-state index contributed by atoms with van der Waals surface area (Å²) < 4.78 is 0.666. The molecule has 0 saturated heterocycles. The van der Waals surface area contributed by atoms with E-state index in [1.54, 1.807) is 18.2 Å². The first-order chi connectivity index (χ1) is 9.99. The van der Waals surface area contributed by atoms with Crippen LogP contribution < -0.4 is 5.43 Å². The van der Waals surface area contributed by atoms with E-state index in [0.29, 0.717) is 10.0 Å². The summed E-state index contributed by atoms with van der Waals surface area (Å²) in [6.07, 6.45) is 1.25. The summed E-state index contributed by atoms with van der Waals surface area (Å²) in [4.78, 5) is 11.8. The van der Waals surface area contributed by atoms with Gasteiger partial charge in [-0.05, 0) is 24.3 Å². The van der Waals surface area contributed by atoms with E-state index in [0.717, 1.165) is 0 Å². The van der Waals surface area contributed by atoms with Crippen LogP contribution in [0.4, 0.5) is 0 Å². The molecule has 0 heterocycles. The third-order valence-corrected chi connectivity index (χ3v) is 3.32. The van der Waals surface area contributed by atoms with Crippen LogP contribution in [0.25, 0.3) is 0 Å². The summed E-state index contributed by atoms with van der Waals surface area (Å²) >= 11 is 9.05. The molecule has 0 fully saturated rings. The van der Waals surface area contributed by atoms with Crippen molar-refractivity contribution in [2.45, 2.75) is 0 Å². The topological polar surface area (TPSA) is 81.9 Å². The van der Waals surface area contributed by atoms with Crippen molar-refractivity contribution in [3.63, 3.8) is 0 Å². The third-order valence-electron chi connectivity index (χ3n) is 2.58. The zero-order valence-corrected chi connectivity index (χ0v) is 12.9. The van der Waals surface area contributed by atoms with E-state index in [-0.39, 0.29) is 22.1 Å². The molecule has 0 aliphatic rings. The molecule has 0 aliphatic carbocycles. The third kappa shape index (κ3) is 3.74. The van der Waals surface area contributed by atoms with Crippen molar-refractivity contribution in [1.82, 2.24) is 5.43 Å². The molecule has 0 bridgehead atoms. The minimum atomic E-state index is -0.565. The van der Waals surface area contributed by atoms with Crippen LogP contribution in [0.2, 0.25) is 5.02 Å². The highest BCUT2D eigenvalue weighted by atomic mass is 79.9. The molecule has 1 amide bonds. The Morgan fingerprint density at radius 1 is 1.29 bits per heavy atom. The molecule has 21 heavy (non-hydrogen) atoms. The standard InChI is InChI=1S/C14H10BrClN2O3/c15-9-5-8(13(20)11(16)6-9)7-17-18-14(21)10-3-1-2-4-12(10)19/h1-7,19-20H,(H,18,21)/b17-7-. The van der Waals surface area contributed by atoms with Crippen molar-refractivity contribution in [3.05, 3.63) is 57.0 Å². The first-order valence-corrected chi connectivity index (χ1v) is 6.95. The molecule has 2 rings (SSSR count). The summed E-state index contributed by atoms with van der Waals surface area (Å²) in [5.41, 5.74) is 2.70. The molecular formula is C14H10BrClN2O3. The van der Waals surface area contributed by atoms with E-state index in [1.165, 1.54) is 24.4 Å². The number of nitrogens with one attached hydrogen (secondary N) is 1. The molecule has 5 nitrogen and oxygen atoms in total. The number of hydrazone groups is 1. The van der Waals surface area contributed by atoms with Crippen molar-refractivity contribution >= 4 is 39.7 Å². The number of benzene rings is 2. The fourth-order valence-electron chi connectivity index (χ4n) is 1.57. The molecular weight excluding hydrogens is 360 g/mol. The van der Waals surface area contributed by atoms with E-state index in [4.69, 9.17) is 11.6 Å². The molecule has 0 atom stereocenters. The minimum absolute atomic E-state index is 0.103. The Balaban J connectivity index is 2.13. The van der Waals surface area contributed by atoms with Gasteiger partial charge >= 0.3 is 0 Å². The Kier molecular flexibility index (Phi) is 4.82. The van der Waals surface area contributed by atoms with Gasteiger partial charge in [-0.15, -0.1) is 0 Å². The van der Waals surface area contributed by atoms with Crippen LogP contribution in [-0.4, -0.2) is 22.3 Å². The van der Waals surface area contributed by atoms with Crippen molar-refractivity contribution in [1.29, 1.82) is 0 Å². The quantitative estimate of drug-likeness (QED) is 0.573. The summed E-state index contributed by atoms with van der Waals surface area (Å²) in [5, 5.41) is 23.2. The second-order valence-electron chi connectivity index (χ2n) is 4.04. The van der Waals surface area contributed by atoms with E-state index in [9.17, 15) is 15.0 Å². The summed E-state index contributed by atoms with van der Waals surface area (Å²) in [7, 11) is 0. The lowest BCUT2D eigenvalue weighted by Crippen LogP contribution is -2.17. The van der Waals surface area contributed by atoms with Gasteiger partial charge in [0.15, 0.2) is 0 Å². The summed E-state index contributed by atoms with van der Waals surface area (Å²) in [6.45, 7) is 0. The number of hydrogen-bond acceptors (Lipinski definition) is 4. The number of phenols is 2. The summed E-state index contributed by atoms with van der Waals surface area (Å²) in [5.74, 6) is -0.844. The second kappa shape index (κ2) is 6.60. The second-order valence-corrected chi connectivity index (χ2v) is 5.36. The van der Waals surface area contributed by atoms with Crippen LogP contribution in [0.1, 0.15) is 15.9 Å². The van der Waals surface area contributed by atoms with Crippen molar-refractivity contribution in [3.8, 4) is 11.5 Å². The van der Waals surface area contributed by atoms with Crippen LogP contribution in [0.15, 0.2) is 46.0 Å². The van der Waals surface area contributed by atoms with E-state index in [1.807, 2.05) is 0 Å². The fraction of sp³-hybridized carbons (Fsp3) is 0. The highest BCUT2D eigenvalue weighted by Gasteiger charge is 2.09. The molecule has 0 radical (unpaired) electrons. The van der Waals surface area contributed by atoms with Crippen molar-refractivity contribution < 1.29 is 15.0 Å². The van der Waals surface area contributed by atoms with Gasteiger partial charge < -0.3 is 10.2 Å². The van der Waals surface area contributed by atoms with Crippen LogP contribution in [0, 0.1) is 0 Å². The number of phenolic OH excluding ortho intramolecular Hbond substituents is 2.